The zero-order valence-corrected chi connectivity index (χ0v) is 10.6. The summed E-state index contributed by atoms with van der Waals surface area (Å²) in [6.45, 7) is 0. The Kier molecular flexibility index (Phi) is 4.75. The standard InChI is InChI=1S/C14H12O3.ClH/c1-17-11-7-8-12(13(15)9-11)14(16)10-5-3-2-4-6-10;/h2-9,15H,1H3;1H. The maximum atomic E-state index is 12.1. The van der Waals surface area contributed by atoms with Crippen LogP contribution in [-0.2, 0) is 0 Å². The normalized spacial score (nSPS) is 9.39. The zero-order chi connectivity index (χ0) is 12.3. The molecule has 0 aromatic heterocycles. The van der Waals surface area contributed by atoms with E-state index in [0.29, 0.717) is 11.3 Å². The third kappa shape index (κ3) is 2.81. The van der Waals surface area contributed by atoms with Crippen LogP contribution in [0, 0.1) is 0 Å². The molecule has 0 unspecified atom stereocenters. The van der Waals surface area contributed by atoms with Crippen LogP contribution < -0.4 is 4.74 Å². The molecule has 0 atom stereocenters. The number of ketones is 1. The van der Waals surface area contributed by atoms with Gasteiger partial charge in [0.25, 0.3) is 0 Å². The summed E-state index contributed by atoms with van der Waals surface area (Å²) in [5.41, 5.74) is 0.824. The Labute approximate surface area is 111 Å². The van der Waals surface area contributed by atoms with Gasteiger partial charge in [0.15, 0.2) is 5.78 Å². The number of benzene rings is 2. The first-order valence-electron chi connectivity index (χ1n) is 5.19. The first-order valence-corrected chi connectivity index (χ1v) is 5.19. The number of hydrogen-bond acceptors (Lipinski definition) is 3. The van der Waals surface area contributed by atoms with Crippen LogP contribution in [0.25, 0.3) is 0 Å². The average molecular weight is 265 g/mol. The van der Waals surface area contributed by atoms with Gasteiger partial charge < -0.3 is 9.84 Å². The van der Waals surface area contributed by atoms with E-state index in [2.05, 4.69) is 0 Å². The molecule has 0 aliphatic heterocycles. The van der Waals surface area contributed by atoms with Gasteiger partial charge in [0, 0.05) is 11.6 Å². The van der Waals surface area contributed by atoms with Crippen molar-refractivity contribution < 1.29 is 14.6 Å². The molecule has 94 valence electrons. The summed E-state index contributed by atoms with van der Waals surface area (Å²) in [5, 5.41) is 9.75. The van der Waals surface area contributed by atoms with Crippen molar-refractivity contribution in [3.63, 3.8) is 0 Å². The van der Waals surface area contributed by atoms with Crippen LogP contribution in [0.2, 0.25) is 0 Å². The Hall–Kier alpha value is -2.00. The lowest BCUT2D eigenvalue weighted by atomic mass is 10.0. The lowest BCUT2D eigenvalue weighted by Crippen LogP contribution is -2.01. The SMILES string of the molecule is COc1ccc(C(=O)c2ccccc2)c(O)c1.Cl. The highest BCUT2D eigenvalue weighted by Gasteiger charge is 2.13. The molecule has 1 N–H and O–H groups in total. The van der Waals surface area contributed by atoms with Crippen LogP contribution in [0.3, 0.4) is 0 Å². The monoisotopic (exact) mass is 264 g/mol. The fourth-order valence-electron chi connectivity index (χ4n) is 1.58. The van der Waals surface area contributed by atoms with Gasteiger partial charge >= 0.3 is 0 Å². The number of phenolic OH excluding ortho intramolecular Hbond substituents is 1. The molecule has 2 aromatic rings. The predicted molar refractivity (Wildman–Crippen MR) is 71.8 cm³/mol. The van der Waals surface area contributed by atoms with Gasteiger partial charge in [0.1, 0.15) is 11.5 Å². The van der Waals surface area contributed by atoms with Crippen LogP contribution in [-0.4, -0.2) is 18.0 Å². The number of hydrogen-bond donors (Lipinski definition) is 1. The average Bonchev–Trinajstić information content (AvgIpc) is 2.39. The van der Waals surface area contributed by atoms with Crippen molar-refractivity contribution in [2.45, 2.75) is 0 Å². The van der Waals surface area contributed by atoms with Gasteiger partial charge in [0.05, 0.1) is 12.7 Å². The number of methoxy groups -OCH3 is 1. The molecule has 0 aliphatic rings. The first-order chi connectivity index (χ1) is 8.22. The molecule has 2 aromatic carbocycles. The van der Waals surface area contributed by atoms with E-state index in [9.17, 15) is 9.90 Å². The van der Waals surface area contributed by atoms with E-state index in [1.54, 1.807) is 36.4 Å². The third-order valence-corrected chi connectivity index (χ3v) is 2.49. The number of halogens is 1. The summed E-state index contributed by atoms with van der Waals surface area (Å²) in [6, 6.07) is 13.5. The molecule has 0 radical (unpaired) electrons. The second-order valence-corrected chi connectivity index (χ2v) is 3.58. The Balaban J connectivity index is 0.00000162. The van der Waals surface area contributed by atoms with E-state index >= 15 is 0 Å². The van der Waals surface area contributed by atoms with Gasteiger partial charge in [-0.25, -0.2) is 0 Å². The highest BCUT2D eigenvalue weighted by atomic mass is 35.5. The first kappa shape index (κ1) is 14.1. The fraction of sp³-hybridized carbons (Fsp3) is 0.0714. The van der Waals surface area contributed by atoms with Gasteiger partial charge in [-0.05, 0) is 12.1 Å². The summed E-state index contributed by atoms with van der Waals surface area (Å²) in [6.07, 6.45) is 0. The summed E-state index contributed by atoms with van der Waals surface area (Å²) < 4.78 is 4.96. The number of carbonyl (C=O) groups excluding carboxylic acids is 1. The largest absolute Gasteiger partial charge is 0.507 e. The van der Waals surface area contributed by atoms with Crippen molar-refractivity contribution >= 4 is 18.2 Å². The van der Waals surface area contributed by atoms with Crippen molar-refractivity contribution in [1.82, 2.24) is 0 Å². The Morgan fingerprint density at radius 1 is 1.11 bits per heavy atom. The maximum Gasteiger partial charge on any atom is 0.196 e. The minimum Gasteiger partial charge on any atom is -0.507 e. The van der Waals surface area contributed by atoms with Gasteiger partial charge in [-0.1, -0.05) is 30.3 Å². The van der Waals surface area contributed by atoms with Crippen molar-refractivity contribution in [2.24, 2.45) is 0 Å². The number of ether oxygens (including phenoxy) is 1. The minimum atomic E-state index is -0.203. The van der Waals surface area contributed by atoms with E-state index in [0.717, 1.165) is 0 Å². The van der Waals surface area contributed by atoms with Crippen LogP contribution in [0.15, 0.2) is 48.5 Å². The highest BCUT2D eigenvalue weighted by molar-refractivity contribution is 6.10. The molecular formula is C14H13ClO3. The van der Waals surface area contributed by atoms with Crippen molar-refractivity contribution in [3.8, 4) is 11.5 Å². The van der Waals surface area contributed by atoms with Crippen LogP contribution >= 0.6 is 12.4 Å². The molecule has 0 amide bonds. The van der Waals surface area contributed by atoms with Gasteiger partial charge in [0.2, 0.25) is 0 Å². The molecule has 0 saturated carbocycles. The smallest absolute Gasteiger partial charge is 0.196 e. The van der Waals surface area contributed by atoms with Crippen LogP contribution in [0.4, 0.5) is 0 Å². The number of carbonyl (C=O) groups is 1. The van der Waals surface area contributed by atoms with Gasteiger partial charge in [-0.3, -0.25) is 4.79 Å². The van der Waals surface area contributed by atoms with E-state index in [4.69, 9.17) is 4.74 Å². The van der Waals surface area contributed by atoms with E-state index < -0.39 is 0 Å². The Morgan fingerprint density at radius 2 is 1.78 bits per heavy atom. The maximum absolute atomic E-state index is 12.1. The quantitative estimate of drug-likeness (QED) is 0.867. The minimum absolute atomic E-state index is 0. The summed E-state index contributed by atoms with van der Waals surface area (Å²) in [7, 11) is 1.51. The molecule has 0 bridgehead atoms. The molecule has 0 fully saturated rings. The van der Waals surface area contributed by atoms with E-state index in [1.807, 2.05) is 6.07 Å². The highest BCUT2D eigenvalue weighted by Crippen LogP contribution is 2.25. The predicted octanol–water partition coefficient (Wildman–Crippen LogP) is 3.05. The molecule has 0 heterocycles. The van der Waals surface area contributed by atoms with E-state index in [-0.39, 0.29) is 29.5 Å². The fourth-order valence-corrected chi connectivity index (χ4v) is 1.58. The topological polar surface area (TPSA) is 46.5 Å². The summed E-state index contributed by atoms with van der Waals surface area (Å²) in [5.74, 6) is 0.246. The molecule has 4 heteroatoms. The summed E-state index contributed by atoms with van der Waals surface area (Å²) >= 11 is 0. The van der Waals surface area contributed by atoms with Gasteiger partial charge in [-0.2, -0.15) is 0 Å². The molecule has 2 rings (SSSR count). The van der Waals surface area contributed by atoms with Crippen molar-refractivity contribution in [1.29, 1.82) is 0 Å². The Bertz CT molecular complexity index is 538. The molecule has 18 heavy (non-hydrogen) atoms. The van der Waals surface area contributed by atoms with Crippen molar-refractivity contribution in [3.05, 3.63) is 59.7 Å². The number of rotatable bonds is 3. The second kappa shape index (κ2) is 6.07. The Morgan fingerprint density at radius 3 is 2.33 bits per heavy atom. The van der Waals surface area contributed by atoms with Crippen molar-refractivity contribution in [2.75, 3.05) is 7.11 Å². The third-order valence-electron chi connectivity index (χ3n) is 2.49. The van der Waals surface area contributed by atoms with Crippen LogP contribution in [0.1, 0.15) is 15.9 Å². The molecular weight excluding hydrogens is 252 g/mol. The zero-order valence-electron chi connectivity index (χ0n) is 9.79. The van der Waals surface area contributed by atoms with Gasteiger partial charge in [-0.15, -0.1) is 12.4 Å². The molecule has 3 nitrogen and oxygen atoms in total. The number of aromatic hydroxyl groups is 1. The second-order valence-electron chi connectivity index (χ2n) is 3.58. The van der Waals surface area contributed by atoms with Crippen LogP contribution in [0.5, 0.6) is 11.5 Å². The molecule has 0 spiro atoms. The summed E-state index contributed by atoms with van der Waals surface area (Å²) in [4.78, 5) is 12.1. The number of phenols is 1. The molecule has 0 saturated heterocycles. The molecule has 0 aliphatic carbocycles. The lowest BCUT2D eigenvalue weighted by Gasteiger charge is -2.06. The van der Waals surface area contributed by atoms with E-state index in [1.165, 1.54) is 13.2 Å². The lowest BCUT2D eigenvalue weighted by molar-refractivity contribution is 0.103.